The molecule has 31 aromatic rings. The highest BCUT2D eigenvalue weighted by molar-refractivity contribution is 7.20. The second-order valence-corrected chi connectivity index (χ2v) is 46.1. The molecular weight excluding hydrogens is 1860 g/mol. The maximum absolute atomic E-state index is 5.76. The molecule has 11 heterocycles. The Hall–Kier alpha value is -19.9. The number of hydrogen-bond acceptors (Lipinski definition) is 9. The lowest BCUT2D eigenvalue weighted by molar-refractivity contribution is 0.877. The van der Waals surface area contributed by atoms with Gasteiger partial charge in [0.15, 0.2) is 27.8 Å². The van der Waals surface area contributed by atoms with Gasteiger partial charge in [0.1, 0.15) is 0 Å². The monoisotopic (exact) mass is 1940 g/mol. The van der Waals surface area contributed by atoms with Gasteiger partial charge in [0.2, 0.25) is 41.1 Å². The Morgan fingerprint density at radius 2 is 0.416 bits per heavy atom. The highest BCUT2D eigenvalue weighted by Crippen LogP contribution is 2.41. The van der Waals surface area contributed by atoms with Crippen molar-refractivity contribution in [1.29, 1.82) is 0 Å². The van der Waals surface area contributed by atoms with Crippen LogP contribution in [0.15, 0.2) is 497 Å². The molecule has 31 rings (SSSR count). The summed E-state index contributed by atoms with van der Waals surface area (Å²) < 4.78 is 20.0. The van der Waals surface area contributed by atoms with Gasteiger partial charge in [-0.25, -0.2) is 28.7 Å². The highest BCUT2D eigenvalue weighted by atomic mass is 28.3. The molecule has 696 valence electrons. The van der Waals surface area contributed by atoms with E-state index in [-0.39, 0.29) is 0 Å². The molecule has 0 spiro atoms. The molecule has 0 saturated carbocycles. The predicted octanol–water partition coefficient (Wildman–Crippen LogP) is 23.3. The van der Waals surface area contributed by atoms with E-state index < -0.39 is 16.1 Å². The van der Waals surface area contributed by atoms with Crippen molar-refractivity contribution in [1.82, 2.24) is 85.5 Å². The van der Waals surface area contributed by atoms with Crippen molar-refractivity contribution < 1.29 is 0 Å². The van der Waals surface area contributed by atoms with E-state index in [2.05, 4.69) is 532 Å². The number of hydrogen-bond donors (Lipinski definition) is 0. The van der Waals surface area contributed by atoms with E-state index in [9.17, 15) is 0 Å². The van der Waals surface area contributed by atoms with Gasteiger partial charge in [-0.15, -0.1) is 0 Å². The average molecular weight is 1940 g/mol. The van der Waals surface area contributed by atoms with Crippen molar-refractivity contribution in [2.75, 3.05) is 0 Å². The van der Waals surface area contributed by atoms with E-state index in [1.54, 1.807) is 0 Å². The highest BCUT2D eigenvalue weighted by Gasteiger charge is 2.44. The van der Waals surface area contributed by atoms with Crippen molar-refractivity contribution >= 4 is 207 Å². The summed E-state index contributed by atoms with van der Waals surface area (Å²) in [5.74, 6) is 4.54. The fourth-order valence-corrected chi connectivity index (χ4v) is 33.7. The molecule has 0 fully saturated rings. The summed E-state index contributed by atoms with van der Waals surface area (Å²) in [5.41, 5.74) is 23.0. The topological polar surface area (TPSA) is 159 Å². The Bertz CT molecular complexity index is 10700. The molecule has 0 aliphatic heterocycles. The fraction of sp³-hybridized carbons (Fsp3) is 0. The van der Waals surface area contributed by atoms with Crippen LogP contribution in [0.25, 0.3) is 218 Å². The standard InChI is InChI=1S/C129H82N18Si2/c1-5-35-89(36-6-1)148(90-37-7-2-8-38-90,94-74-68-87(69-75-94)139-106-51-20-13-44-97(106)98-45-14-21-52-107(98)139)93-72-64-83(65-73-93)121-133-123(141-110-55-24-17-48-101(110)102-49-18-25-56-111(102)141)137-124(134-121)147-118-62-31-28-59-115(118)143-113-79-67-84(81-105(113)132-129(143)147)85-66-78-104-120(82-85)144-116-60-29-32-63-119(116)146(128(144)131-104)126-136-122(135-125(138-126)145-117-61-30-27-58-114(117)142-112-57-26-19-50-103(112)130-127(142)145)86-34-33-43-96(80-86)149(91-39-9-3-10-40-91,92-41-11-4-12-42-92)95-76-70-88(71-77-95)140-108-53-22-15-46-99(108)100-47-16-23-54-109(100)140/h1-82H. The molecule has 20 aromatic carbocycles. The Balaban J connectivity index is 0.554. The maximum Gasteiger partial charge on any atom is 0.242 e. The van der Waals surface area contributed by atoms with Gasteiger partial charge in [0.05, 0.1) is 99.3 Å². The van der Waals surface area contributed by atoms with Crippen LogP contribution in [0.5, 0.6) is 0 Å². The lowest BCUT2D eigenvalue weighted by atomic mass is 10.0. The molecule has 0 saturated heterocycles. The number of benzene rings is 20. The van der Waals surface area contributed by atoms with Crippen molar-refractivity contribution in [3.8, 4) is 69.1 Å². The molecule has 149 heavy (non-hydrogen) atoms. The number of para-hydroxylation sites is 14. The smallest absolute Gasteiger partial charge is 0.242 e. The van der Waals surface area contributed by atoms with E-state index >= 15 is 0 Å². The maximum atomic E-state index is 5.76. The van der Waals surface area contributed by atoms with Crippen LogP contribution in [0.1, 0.15) is 0 Å². The lowest BCUT2D eigenvalue weighted by Gasteiger charge is -2.34. The van der Waals surface area contributed by atoms with Crippen LogP contribution < -0.4 is 41.5 Å². The molecule has 11 aromatic heterocycles. The van der Waals surface area contributed by atoms with Crippen molar-refractivity contribution in [3.63, 3.8) is 0 Å². The first-order valence-corrected chi connectivity index (χ1v) is 54.2. The lowest BCUT2D eigenvalue weighted by Crippen LogP contribution is -2.74. The zero-order valence-corrected chi connectivity index (χ0v) is 81.9. The molecule has 0 aliphatic carbocycles. The van der Waals surface area contributed by atoms with Gasteiger partial charge in [0.25, 0.3) is 0 Å². The summed E-state index contributed by atoms with van der Waals surface area (Å²) >= 11 is 0. The summed E-state index contributed by atoms with van der Waals surface area (Å²) in [7, 11) is -6.40. The first-order valence-electron chi connectivity index (χ1n) is 50.2. The van der Waals surface area contributed by atoms with Crippen LogP contribution in [0.3, 0.4) is 0 Å². The molecule has 0 bridgehead atoms. The van der Waals surface area contributed by atoms with Gasteiger partial charge in [-0.1, -0.05) is 364 Å². The predicted molar refractivity (Wildman–Crippen MR) is 609 cm³/mol. The Labute approximate surface area is 852 Å². The molecule has 0 radical (unpaired) electrons. The Kier molecular flexibility index (Phi) is 18.4. The molecule has 0 amide bonds. The van der Waals surface area contributed by atoms with Crippen LogP contribution in [0, 0.1) is 0 Å². The van der Waals surface area contributed by atoms with Crippen LogP contribution in [0.4, 0.5) is 0 Å². The zero-order chi connectivity index (χ0) is 97.7. The quantitative estimate of drug-likeness (QED) is 0.0639. The third-order valence-corrected chi connectivity index (χ3v) is 40.3. The largest absolute Gasteiger partial charge is 0.309 e. The number of nitrogens with zero attached hydrogens (tertiary/aromatic N) is 18. The summed E-state index contributed by atoms with van der Waals surface area (Å²) in [4.78, 5) is 50.9. The van der Waals surface area contributed by atoms with Crippen molar-refractivity contribution in [2.45, 2.75) is 0 Å². The van der Waals surface area contributed by atoms with E-state index in [1.165, 1.54) is 68.9 Å². The molecule has 0 atom stereocenters. The Morgan fingerprint density at radius 3 is 0.826 bits per heavy atom. The molecule has 0 unspecified atom stereocenters. The average Bonchev–Trinajstić information content (AvgIpc) is 1.24. The molecule has 18 nitrogen and oxygen atoms in total. The van der Waals surface area contributed by atoms with E-state index in [0.717, 1.165) is 138 Å². The minimum atomic E-state index is -3.27. The number of fused-ring (bicyclic) bond motifs is 24. The number of rotatable bonds is 17. The summed E-state index contributed by atoms with van der Waals surface area (Å²) in [6, 6.07) is 180. The Morgan fingerprint density at radius 1 is 0.141 bits per heavy atom. The van der Waals surface area contributed by atoms with Crippen LogP contribution >= 0.6 is 0 Å². The second kappa shape index (κ2) is 32.8. The van der Waals surface area contributed by atoms with E-state index in [4.69, 9.17) is 44.9 Å². The summed E-state index contributed by atoms with van der Waals surface area (Å²) in [6.45, 7) is 0. The van der Waals surface area contributed by atoms with Gasteiger partial charge in [-0.05, 0) is 186 Å². The summed E-state index contributed by atoms with van der Waals surface area (Å²) in [5, 5.41) is 16.9. The van der Waals surface area contributed by atoms with Gasteiger partial charge < -0.3 is 9.13 Å². The van der Waals surface area contributed by atoms with E-state index in [1.807, 2.05) is 6.07 Å². The third kappa shape index (κ3) is 12.5. The molecule has 0 N–H and O–H groups in total. The molecule has 20 heteroatoms. The first kappa shape index (κ1) is 83.7. The fourth-order valence-electron chi connectivity index (χ4n) is 24.2. The van der Waals surface area contributed by atoms with Crippen LogP contribution in [0.2, 0.25) is 0 Å². The van der Waals surface area contributed by atoms with Gasteiger partial charge in [-0.2, -0.15) is 29.9 Å². The SMILES string of the molecule is c1ccc([Si](c2ccccc2)(c2ccc(-c3nc(-n4c5ccccc5c5ccccc54)nc(-n4c5ccccc5n5c6ccc(-c7ccc8nc9n(-c%10nc(-c%11cccc([Si](c%12ccccc%12)(c%12ccccc%12)c%12ccc(-n%13c%14ccccc%14c%14ccccc%14%13)cc%12)c%11)nc(-n%11c%12ccccc%12n%12c%13ccccc%13nc%11%12)n%10)c%10ccccc%10n9c8c7)cc6nc45)n3)cc2)c2ccc(-n3c4ccccc4c4ccccc43)cc2)cc1. The minimum Gasteiger partial charge on any atom is -0.309 e. The van der Waals surface area contributed by atoms with Crippen molar-refractivity contribution in [2.24, 2.45) is 0 Å². The van der Waals surface area contributed by atoms with Gasteiger partial charge in [-0.3, -0.25) is 17.8 Å². The van der Waals surface area contributed by atoms with Gasteiger partial charge >= 0.3 is 0 Å². The van der Waals surface area contributed by atoms with Crippen LogP contribution in [-0.2, 0) is 0 Å². The van der Waals surface area contributed by atoms with Crippen molar-refractivity contribution in [3.05, 3.63) is 497 Å². The van der Waals surface area contributed by atoms with Crippen LogP contribution in [-0.4, -0.2) is 102 Å². The molecular formula is C129H82N18Si2. The summed E-state index contributed by atoms with van der Waals surface area (Å²) in [6.07, 6.45) is 0. The zero-order valence-electron chi connectivity index (χ0n) is 79.9. The molecule has 0 aliphatic rings. The normalized spacial score (nSPS) is 12.3. The number of imidazole rings is 6. The van der Waals surface area contributed by atoms with E-state index in [0.29, 0.717) is 52.8 Å². The number of aromatic nitrogens is 18. The second-order valence-electron chi connectivity index (χ2n) is 38.5. The van der Waals surface area contributed by atoms with Gasteiger partial charge in [0, 0.05) is 54.8 Å². The first-order chi connectivity index (χ1) is 73.9. The third-order valence-electron chi connectivity index (χ3n) is 30.7. The minimum absolute atomic E-state index is 0.375.